The molecule has 0 spiro atoms. The van der Waals surface area contributed by atoms with Gasteiger partial charge in [0.25, 0.3) is 0 Å². The second-order valence-electron chi connectivity index (χ2n) is 6.48. The number of rotatable bonds is 3. The summed E-state index contributed by atoms with van der Waals surface area (Å²) < 4.78 is 0. The second-order valence-corrected chi connectivity index (χ2v) is 6.48. The van der Waals surface area contributed by atoms with Crippen molar-refractivity contribution in [3.63, 3.8) is 0 Å². The first-order valence-electron chi connectivity index (χ1n) is 7.71. The maximum Gasteiger partial charge on any atom is 0.230 e. The quantitative estimate of drug-likeness (QED) is 0.885. The topological polar surface area (TPSA) is 41.1 Å². The standard InChI is InChI=1S/C17H24N2O/c1-12-8-13(2)10-14(9-12)17(5-6-17)16(20)19-15-4-3-7-18-11-15/h8-10,15,18H,3-7,11H2,1-2H3,(H,19,20)/t15-/m0/s1. The van der Waals surface area contributed by atoms with Crippen LogP contribution in [0.1, 0.15) is 42.4 Å². The molecule has 1 saturated heterocycles. The second kappa shape index (κ2) is 5.21. The van der Waals surface area contributed by atoms with E-state index in [1.165, 1.54) is 16.7 Å². The SMILES string of the molecule is Cc1cc(C)cc(C2(C(=O)N[C@H]3CCCNC3)CC2)c1. The molecule has 3 rings (SSSR count). The van der Waals surface area contributed by atoms with E-state index in [-0.39, 0.29) is 11.3 Å². The molecule has 2 fully saturated rings. The van der Waals surface area contributed by atoms with E-state index in [1.54, 1.807) is 0 Å². The van der Waals surface area contributed by atoms with Gasteiger partial charge in [-0.05, 0) is 51.6 Å². The van der Waals surface area contributed by atoms with E-state index in [9.17, 15) is 4.79 Å². The first kappa shape index (κ1) is 13.6. The summed E-state index contributed by atoms with van der Waals surface area (Å²) in [5.74, 6) is 0.233. The Balaban J connectivity index is 1.75. The fourth-order valence-electron chi connectivity index (χ4n) is 3.32. The lowest BCUT2D eigenvalue weighted by Crippen LogP contribution is -2.48. The van der Waals surface area contributed by atoms with Gasteiger partial charge >= 0.3 is 0 Å². The lowest BCUT2D eigenvalue weighted by Gasteiger charge is -2.26. The van der Waals surface area contributed by atoms with Crippen LogP contribution in [0.15, 0.2) is 18.2 Å². The average Bonchev–Trinajstić information content (AvgIpc) is 3.20. The maximum atomic E-state index is 12.7. The predicted molar refractivity (Wildman–Crippen MR) is 80.9 cm³/mol. The summed E-state index contributed by atoms with van der Waals surface area (Å²) in [4.78, 5) is 12.7. The zero-order chi connectivity index (χ0) is 14.2. The van der Waals surface area contributed by atoms with E-state index in [1.807, 2.05) is 0 Å². The minimum atomic E-state index is -0.242. The van der Waals surface area contributed by atoms with Gasteiger partial charge in [-0.2, -0.15) is 0 Å². The van der Waals surface area contributed by atoms with Gasteiger partial charge in [0.05, 0.1) is 5.41 Å². The lowest BCUT2D eigenvalue weighted by atomic mass is 9.91. The van der Waals surface area contributed by atoms with E-state index in [0.29, 0.717) is 6.04 Å². The van der Waals surface area contributed by atoms with Gasteiger partial charge in [0.1, 0.15) is 0 Å². The van der Waals surface area contributed by atoms with Crippen molar-refractivity contribution in [1.29, 1.82) is 0 Å². The molecule has 3 heteroatoms. The number of aryl methyl sites for hydroxylation is 2. The number of benzene rings is 1. The van der Waals surface area contributed by atoms with Crippen LogP contribution in [0.25, 0.3) is 0 Å². The summed E-state index contributed by atoms with van der Waals surface area (Å²) >= 11 is 0. The number of hydrogen-bond donors (Lipinski definition) is 2. The summed E-state index contributed by atoms with van der Waals surface area (Å²) in [6.07, 6.45) is 4.23. The van der Waals surface area contributed by atoms with Crippen LogP contribution in [0.3, 0.4) is 0 Å². The van der Waals surface area contributed by atoms with Crippen LogP contribution in [-0.2, 0) is 10.2 Å². The highest BCUT2D eigenvalue weighted by atomic mass is 16.2. The molecule has 0 unspecified atom stereocenters. The summed E-state index contributed by atoms with van der Waals surface area (Å²) in [7, 11) is 0. The monoisotopic (exact) mass is 272 g/mol. The average molecular weight is 272 g/mol. The fraction of sp³-hybridized carbons (Fsp3) is 0.588. The molecule has 2 aliphatic rings. The molecule has 1 aromatic carbocycles. The molecule has 1 aliphatic carbocycles. The molecular formula is C17H24N2O. The van der Waals surface area contributed by atoms with Gasteiger partial charge in [-0.3, -0.25) is 4.79 Å². The smallest absolute Gasteiger partial charge is 0.230 e. The Kier molecular flexibility index (Phi) is 3.55. The number of piperidine rings is 1. The molecule has 20 heavy (non-hydrogen) atoms. The van der Waals surface area contributed by atoms with Crippen molar-refractivity contribution in [2.45, 2.75) is 51.0 Å². The molecule has 1 heterocycles. The fourth-order valence-corrected chi connectivity index (χ4v) is 3.32. The van der Waals surface area contributed by atoms with Crippen molar-refractivity contribution in [3.05, 3.63) is 34.9 Å². The van der Waals surface area contributed by atoms with Crippen molar-refractivity contribution in [1.82, 2.24) is 10.6 Å². The minimum Gasteiger partial charge on any atom is -0.351 e. The molecule has 0 bridgehead atoms. The third-order valence-electron chi connectivity index (χ3n) is 4.59. The normalized spacial score (nSPS) is 24.2. The van der Waals surface area contributed by atoms with Gasteiger partial charge < -0.3 is 10.6 Å². The molecule has 1 aliphatic heterocycles. The van der Waals surface area contributed by atoms with Crippen molar-refractivity contribution < 1.29 is 4.79 Å². The van der Waals surface area contributed by atoms with E-state index in [4.69, 9.17) is 0 Å². The molecule has 1 saturated carbocycles. The van der Waals surface area contributed by atoms with Crippen LogP contribution < -0.4 is 10.6 Å². The third-order valence-corrected chi connectivity index (χ3v) is 4.59. The minimum absolute atomic E-state index is 0.233. The van der Waals surface area contributed by atoms with Gasteiger partial charge in [0.2, 0.25) is 5.91 Å². The Hall–Kier alpha value is -1.35. The summed E-state index contributed by atoms with van der Waals surface area (Å²) in [6, 6.07) is 6.83. The van der Waals surface area contributed by atoms with Crippen LogP contribution in [0, 0.1) is 13.8 Å². The molecule has 108 valence electrons. The van der Waals surface area contributed by atoms with Crippen molar-refractivity contribution >= 4 is 5.91 Å². The maximum absolute atomic E-state index is 12.7. The number of nitrogens with one attached hydrogen (secondary N) is 2. The van der Waals surface area contributed by atoms with Crippen molar-refractivity contribution in [2.24, 2.45) is 0 Å². The summed E-state index contributed by atoms with van der Waals surface area (Å²) in [6.45, 7) is 6.20. The van der Waals surface area contributed by atoms with Crippen molar-refractivity contribution in [3.8, 4) is 0 Å². The van der Waals surface area contributed by atoms with Gasteiger partial charge in [-0.1, -0.05) is 29.3 Å². The largest absolute Gasteiger partial charge is 0.351 e. The third kappa shape index (κ3) is 2.59. The molecule has 1 atom stereocenters. The molecular weight excluding hydrogens is 248 g/mol. The van der Waals surface area contributed by atoms with Gasteiger partial charge in [0.15, 0.2) is 0 Å². The Morgan fingerprint density at radius 1 is 1.25 bits per heavy atom. The van der Waals surface area contributed by atoms with Gasteiger partial charge in [-0.15, -0.1) is 0 Å². The highest BCUT2D eigenvalue weighted by Crippen LogP contribution is 2.49. The predicted octanol–water partition coefficient (Wildman–Crippen LogP) is 2.20. The highest BCUT2D eigenvalue weighted by Gasteiger charge is 2.51. The Bertz CT molecular complexity index is 493. The van der Waals surface area contributed by atoms with E-state index in [0.717, 1.165) is 38.8 Å². The van der Waals surface area contributed by atoms with Crippen LogP contribution in [-0.4, -0.2) is 25.0 Å². The van der Waals surface area contributed by atoms with E-state index in [2.05, 4.69) is 42.7 Å². The zero-order valence-corrected chi connectivity index (χ0v) is 12.5. The van der Waals surface area contributed by atoms with Gasteiger partial charge in [0, 0.05) is 12.6 Å². The highest BCUT2D eigenvalue weighted by molar-refractivity contribution is 5.91. The summed E-state index contributed by atoms with van der Waals surface area (Å²) in [5, 5.41) is 6.61. The van der Waals surface area contributed by atoms with E-state index >= 15 is 0 Å². The van der Waals surface area contributed by atoms with Crippen LogP contribution in [0.2, 0.25) is 0 Å². The first-order valence-corrected chi connectivity index (χ1v) is 7.71. The number of amides is 1. The number of carbonyl (C=O) groups is 1. The first-order chi connectivity index (χ1) is 9.60. The number of hydrogen-bond acceptors (Lipinski definition) is 2. The van der Waals surface area contributed by atoms with Gasteiger partial charge in [-0.25, -0.2) is 0 Å². The van der Waals surface area contributed by atoms with Crippen LogP contribution >= 0.6 is 0 Å². The zero-order valence-electron chi connectivity index (χ0n) is 12.5. The summed E-state index contributed by atoms with van der Waals surface area (Å²) in [5.41, 5.74) is 3.46. The van der Waals surface area contributed by atoms with Crippen molar-refractivity contribution in [2.75, 3.05) is 13.1 Å². The molecule has 0 radical (unpaired) electrons. The molecule has 2 N–H and O–H groups in total. The Labute approximate surface area is 121 Å². The molecule has 1 aromatic rings. The Morgan fingerprint density at radius 3 is 2.50 bits per heavy atom. The van der Waals surface area contributed by atoms with Crippen LogP contribution in [0.4, 0.5) is 0 Å². The number of carbonyl (C=O) groups excluding carboxylic acids is 1. The molecule has 1 amide bonds. The molecule has 3 nitrogen and oxygen atoms in total. The van der Waals surface area contributed by atoms with Crippen LogP contribution in [0.5, 0.6) is 0 Å². The lowest BCUT2D eigenvalue weighted by molar-refractivity contribution is -0.124. The molecule has 0 aromatic heterocycles. The van der Waals surface area contributed by atoms with E-state index < -0.39 is 0 Å². The Morgan fingerprint density at radius 2 is 1.95 bits per heavy atom.